The summed E-state index contributed by atoms with van der Waals surface area (Å²) >= 11 is 6.30. The van der Waals surface area contributed by atoms with Crippen molar-refractivity contribution in [1.29, 1.82) is 0 Å². The number of hydrogen-bond acceptors (Lipinski definition) is 8. The van der Waals surface area contributed by atoms with Crippen molar-refractivity contribution in [2.75, 3.05) is 25.1 Å². The maximum Gasteiger partial charge on any atom is 0.269 e. The van der Waals surface area contributed by atoms with Crippen LogP contribution >= 0.6 is 11.6 Å². The molecule has 0 fully saturated rings. The molecule has 3 aromatic heterocycles. The SMILES string of the molecule is O=C(Nc1ccccn1)[C@H](COCCO)Oc1ncnc2c1cnn2-c1ccccc1Cl. The highest BCUT2D eigenvalue weighted by Crippen LogP contribution is 2.27. The minimum atomic E-state index is -1.06. The van der Waals surface area contributed by atoms with E-state index in [9.17, 15) is 4.79 Å². The molecule has 2 N–H and O–H groups in total. The second-order valence-corrected chi connectivity index (χ2v) is 6.94. The molecule has 10 nitrogen and oxygen atoms in total. The van der Waals surface area contributed by atoms with E-state index in [0.29, 0.717) is 27.6 Å². The van der Waals surface area contributed by atoms with Crippen molar-refractivity contribution >= 4 is 34.4 Å². The summed E-state index contributed by atoms with van der Waals surface area (Å²) < 4.78 is 12.8. The maximum atomic E-state index is 12.8. The fourth-order valence-electron chi connectivity index (χ4n) is 2.91. The third-order valence-corrected chi connectivity index (χ3v) is 4.70. The van der Waals surface area contributed by atoms with E-state index in [1.807, 2.05) is 18.2 Å². The van der Waals surface area contributed by atoms with Crippen LogP contribution in [0.15, 0.2) is 61.2 Å². The first-order valence-electron chi connectivity index (χ1n) is 9.68. The van der Waals surface area contributed by atoms with E-state index in [2.05, 4.69) is 25.4 Å². The number of nitrogens with zero attached hydrogens (tertiary/aromatic N) is 5. The second-order valence-electron chi connectivity index (χ2n) is 6.53. The van der Waals surface area contributed by atoms with Gasteiger partial charge in [-0.1, -0.05) is 29.8 Å². The average Bonchev–Trinajstić information content (AvgIpc) is 3.24. The Labute approximate surface area is 187 Å². The molecule has 0 bridgehead atoms. The molecule has 0 aliphatic heterocycles. The Morgan fingerprint density at radius 3 is 2.78 bits per heavy atom. The van der Waals surface area contributed by atoms with Crippen molar-refractivity contribution in [3.8, 4) is 11.6 Å². The number of halogens is 1. The lowest BCUT2D eigenvalue weighted by Crippen LogP contribution is -2.37. The third kappa shape index (κ3) is 4.83. The number of aliphatic hydroxyl groups excluding tert-OH is 1. The van der Waals surface area contributed by atoms with E-state index >= 15 is 0 Å². The molecule has 1 atom stereocenters. The number of anilines is 1. The highest BCUT2D eigenvalue weighted by molar-refractivity contribution is 6.32. The molecule has 0 spiro atoms. The number of aromatic nitrogens is 5. The molecule has 0 saturated carbocycles. The van der Waals surface area contributed by atoms with Gasteiger partial charge in [-0.15, -0.1) is 0 Å². The van der Waals surface area contributed by atoms with Gasteiger partial charge >= 0.3 is 0 Å². The number of pyridine rings is 1. The predicted octanol–water partition coefficient (Wildman–Crippen LogP) is 2.26. The van der Waals surface area contributed by atoms with Gasteiger partial charge in [-0.05, 0) is 24.3 Å². The number of aliphatic hydroxyl groups is 1. The standard InChI is InChI=1S/C21H19ClN6O4/c22-15-5-1-2-6-16(15)28-19-14(11-26-28)21(25-13-24-19)32-17(12-31-10-9-29)20(30)27-18-7-3-4-8-23-18/h1-8,11,13,17,29H,9-10,12H2,(H,23,27,30)/t17-/m0/s1. The highest BCUT2D eigenvalue weighted by atomic mass is 35.5. The fourth-order valence-corrected chi connectivity index (χ4v) is 3.13. The third-order valence-electron chi connectivity index (χ3n) is 4.38. The Morgan fingerprint density at radius 2 is 2.00 bits per heavy atom. The summed E-state index contributed by atoms with van der Waals surface area (Å²) in [5.74, 6) is 0.0432. The Hall–Kier alpha value is -3.60. The van der Waals surface area contributed by atoms with Crippen LogP contribution in [-0.2, 0) is 9.53 Å². The minimum absolute atomic E-state index is 0.0559. The van der Waals surface area contributed by atoms with Gasteiger partial charge in [0.05, 0.1) is 36.7 Å². The zero-order valence-corrected chi connectivity index (χ0v) is 17.5. The number of ether oxygens (including phenoxy) is 2. The van der Waals surface area contributed by atoms with Crippen LogP contribution in [0.1, 0.15) is 0 Å². The number of fused-ring (bicyclic) bond motifs is 1. The first-order chi connectivity index (χ1) is 15.7. The molecule has 1 aromatic carbocycles. The normalized spacial score (nSPS) is 11.9. The molecule has 0 radical (unpaired) electrons. The second kappa shape index (κ2) is 10.1. The zero-order chi connectivity index (χ0) is 22.3. The van der Waals surface area contributed by atoms with Crippen molar-refractivity contribution < 1.29 is 19.4 Å². The lowest BCUT2D eigenvalue weighted by atomic mass is 10.3. The van der Waals surface area contributed by atoms with Gasteiger partial charge in [0.2, 0.25) is 12.0 Å². The molecule has 11 heteroatoms. The van der Waals surface area contributed by atoms with Crippen LogP contribution in [0.25, 0.3) is 16.7 Å². The number of carbonyl (C=O) groups is 1. The van der Waals surface area contributed by atoms with Gasteiger partial charge in [-0.2, -0.15) is 5.10 Å². The zero-order valence-electron chi connectivity index (χ0n) is 16.8. The molecule has 164 valence electrons. The molecule has 4 aromatic rings. The van der Waals surface area contributed by atoms with E-state index < -0.39 is 12.0 Å². The Morgan fingerprint density at radius 1 is 1.16 bits per heavy atom. The van der Waals surface area contributed by atoms with Crippen molar-refractivity contribution in [3.05, 3.63) is 66.2 Å². The van der Waals surface area contributed by atoms with E-state index in [1.54, 1.807) is 35.1 Å². The number of nitrogens with one attached hydrogen (secondary N) is 1. The number of rotatable bonds is 9. The number of carbonyl (C=O) groups excluding carboxylic acids is 1. The number of benzene rings is 1. The molecular formula is C21H19ClN6O4. The molecule has 0 unspecified atom stereocenters. The molecule has 32 heavy (non-hydrogen) atoms. The highest BCUT2D eigenvalue weighted by Gasteiger charge is 2.24. The molecule has 0 aliphatic rings. The summed E-state index contributed by atoms with van der Waals surface area (Å²) in [7, 11) is 0. The number of hydrogen-bond donors (Lipinski definition) is 2. The molecular weight excluding hydrogens is 436 g/mol. The smallest absolute Gasteiger partial charge is 0.269 e. The van der Waals surface area contributed by atoms with E-state index in [0.717, 1.165) is 0 Å². The minimum Gasteiger partial charge on any atom is -0.461 e. The summed E-state index contributed by atoms with van der Waals surface area (Å²) in [5, 5.41) is 17.0. The largest absolute Gasteiger partial charge is 0.461 e. The van der Waals surface area contributed by atoms with Gasteiger partial charge in [0, 0.05) is 6.20 Å². The van der Waals surface area contributed by atoms with Crippen molar-refractivity contribution in [2.24, 2.45) is 0 Å². The van der Waals surface area contributed by atoms with Crippen LogP contribution < -0.4 is 10.1 Å². The first kappa shape index (κ1) is 21.6. The number of amides is 1. The Kier molecular flexibility index (Phi) is 6.85. The van der Waals surface area contributed by atoms with Crippen LogP contribution in [0.3, 0.4) is 0 Å². The van der Waals surface area contributed by atoms with Gasteiger partial charge in [0.15, 0.2) is 5.65 Å². The van der Waals surface area contributed by atoms with Gasteiger partial charge in [0.1, 0.15) is 17.5 Å². The van der Waals surface area contributed by atoms with Gasteiger partial charge in [-0.3, -0.25) is 4.79 Å². The van der Waals surface area contributed by atoms with Crippen LogP contribution in [0, 0.1) is 0 Å². The molecule has 4 rings (SSSR count). The molecule has 0 aliphatic carbocycles. The molecule has 0 saturated heterocycles. The van der Waals surface area contributed by atoms with Crippen molar-refractivity contribution in [3.63, 3.8) is 0 Å². The van der Waals surface area contributed by atoms with Gasteiger partial charge in [-0.25, -0.2) is 19.6 Å². The summed E-state index contributed by atoms with van der Waals surface area (Å²) in [6.45, 7) is -0.235. The Bertz CT molecular complexity index is 1200. The topological polar surface area (TPSA) is 124 Å². The van der Waals surface area contributed by atoms with Crippen molar-refractivity contribution in [1.82, 2.24) is 24.7 Å². The lowest BCUT2D eigenvalue weighted by Gasteiger charge is -2.18. The maximum absolute atomic E-state index is 12.8. The van der Waals surface area contributed by atoms with Gasteiger partial charge < -0.3 is 19.9 Å². The van der Waals surface area contributed by atoms with Crippen molar-refractivity contribution in [2.45, 2.75) is 6.10 Å². The quantitative estimate of drug-likeness (QED) is 0.369. The van der Waals surface area contributed by atoms with E-state index in [1.165, 1.54) is 12.5 Å². The van der Waals surface area contributed by atoms with Crippen LogP contribution in [0.4, 0.5) is 5.82 Å². The number of para-hydroxylation sites is 1. The monoisotopic (exact) mass is 454 g/mol. The van der Waals surface area contributed by atoms with Crippen LogP contribution in [-0.4, -0.2) is 61.7 Å². The molecule has 1 amide bonds. The van der Waals surface area contributed by atoms with Gasteiger partial charge in [0.25, 0.3) is 5.91 Å². The first-order valence-corrected chi connectivity index (χ1v) is 10.1. The summed E-state index contributed by atoms with van der Waals surface area (Å²) in [5.41, 5.74) is 1.10. The van der Waals surface area contributed by atoms with Crippen LogP contribution in [0.5, 0.6) is 5.88 Å². The van der Waals surface area contributed by atoms with E-state index in [4.69, 9.17) is 26.2 Å². The predicted molar refractivity (Wildman–Crippen MR) is 117 cm³/mol. The average molecular weight is 455 g/mol. The molecule has 3 heterocycles. The summed E-state index contributed by atoms with van der Waals surface area (Å²) in [6, 6.07) is 12.4. The van der Waals surface area contributed by atoms with Crippen LogP contribution in [0.2, 0.25) is 5.02 Å². The summed E-state index contributed by atoms with van der Waals surface area (Å²) in [6.07, 6.45) is 3.35. The Balaban J connectivity index is 1.62. The lowest BCUT2D eigenvalue weighted by molar-refractivity contribution is -0.125. The van der Waals surface area contributed by atoms with E-state index in [-0.39, 0.29) is 25.7 Å². The fraction of sp³-hybridized carbons (Fsp3) is 0.190. The summed E-state index contributed by atoms with van der Waals surface area (Å²) in [4.78, 5) is 25.4.